The molecule has 3 aliphatic heterocycles. The number of aromatic amines is 1. The van der Waals surface area contributed by atoms with E-state index in [9.17, 15) is 14.7 Å². The number of likely N-dealkylation sites (N-methyl/N-ethyl adjacent to an activating group) is 1. The maximum atomic E-state index is 13.0. The first-order valence-corrected chi connectivity index (χ1v) is 9.72. The van der Waals surface area contributed by atoms with Crippen molar-refractivity contribution in [2.45, 2.75) is 23.7 Å². The molecule has 0 aliphatic carbocycles. The second-order valence-corrected chi connectivity index (χ2v) is 8.09. The molecule has 3 aliphatic rings. The van der Waals surface area contributed by atoms with Gasteiger partial charge in [-0.05, 0) is 23.3 Å². The van der Waals surface area contributed by atoms with Crippen molar-refractivity contribution in [3.8, 4) is 0 Å². The number of fused-ring (bicyclic) bond motifs is 6. The Morgan fingerprint density at radius 2 is 1.83 bits per heavy atom. The molecule has 4 heterocycles. The van der Waals surface area contributed by atoms with E-state index >= 15 is 0 Å². The highest BCUT2D eigenvalue weighted by atomic mass is 16.3. The number of hydrogen-bond donors (Lipinski definition) is 3. The highest BCUT2D eigenvalue weighted by Gasteiger charge is 2.69. The lowest BCUT2D eigenvalue weighted by molar-refractivity contribution is -0.156. The molecule has 2 aromatic carbocycles. The Kier molecular flexibility index (Phi) is 3.09. The van der Waals surface area contributed by atoms with Gasteiger partial charge < -0.3 is 25.2 Å². The zero-order chi connectivity index (χ0) is 19.9. The molecule has 29 heavy (non-hydrogen) atoms. The summed E-state index contributed by atoms with van der Waals surface area (Å²) in [6, 6.07) is 14.8. The minimum atomic E-state index is -1.08. The van der Waals surface area contributed by atoms with Crippen LogP contribution in [0, 0.1) is 0 Å². The molecule has 3 N–H and O–H groups in total. The topological polar surface area (TPSA) is 88.7 Å². The summed E-state index contributed by atoms with van der Waals surface area (Å²) in [6.45, 7) is 0.0144. The highest BCUT2D eigenvalue weighted by molar-refractivity contribution is 5.98. The molecule has 2 saturated heterocycles. The lowest BCUT2D eigenvalue weighted by Crippen LogP contribution is -2.61. The molecule has 146 valence electrons. The molecule has 0 saturated carbocycles. The van der Waals surface area contributed by atoms with Crippen molar-refractivity contribution in [3.05, 3.63) is 65.9 Å². The first-order chi connectivity index (χ1) is 14.0. The molecular weight excluding hydrogens is 368 g/mol. The summed E-state index contributed by atoms with van der Waals surface area (Å²) in [5, 5.41) is 16.2. The summed E-state index contributed by atoms with van der Waals surface area (Å²) < 4.78 is 0. The maximum Gasteiger partial charge on any atom is 0.248 e. The van der Waals surface area contributed by atoms with Gasteiger partial charge in [0.25, 0.3) is 0 Å². The Hall–Kier alpha value is -3.32. The number of para-hydroxylation sites is 2. The lowest BCUT2D eigenvalue weighted by Gasteiger charge is -2.37. The van der Waals surface area contributed by atoms with Crippen molar-refractivity contribution >= 4 is 28.4 Å². The molecule has 3 aromatic rings. The number of rotatable bonds is 1. The van der Waals surface area contributed by atoms with Crippen molar-refractivity contribution < 1.29 is 14.7 Å². The number of hydrogen-bond acceptors (Lipinski definition) is 4. The fourth-order valence-electron chi connectivity index (χ4n) is 5.56. The number of aliphatic hydroxyl groups excluding tert-OH is 1. The van der Waals surface area contributed by atoms with Crippen LogP contribution in [0.25, 0.3) is 10.9 Å². The Labute approximate surface area is 166 Å². The fourth-order valence-corrected chi connectivity index (χ4v) is 5.56. The van der Waals surface area contributed by atoms with Crippen LogP contribution >= 0.6 is 0 Å². The summed E-state index contributed by atoms with van der Waals surface area (Å²) in [5.41, 5.74) is 2.67. The Morgan fingerprint density at radius 3 is 2.69 bits per heavy atom. The van der Waals surface area contributed by atoms with Gasteiger partial charge in [0.05, 0.1) is 12.0 Å². The predicted octanol–water partition coefficient (Wildman–Crippen LogP) is 1.25. The summed E-state index contributed by atoms with van der Waals surface area (Å²) in [7, 11) is 1.61. The lowest BCUT2D eigenvalue weighted by atomic mass is 9.70. The normalized spacial score (nSPS) is 30.3. The molecule has 0 bridgehead atoms. The molecule has 4 atom stereocenters. The zero-order valence-electron chi connectivity index (χ0n) is 15.8. The average Bonchev–Trinajstić information content (AvgIpc) is 3.36. The van der Waals surface area contributed by atoms with Gasteiger partial charge in [-0.15, -0.1) is 0 Å². The third-order valence-electron chi connectivity index (χ3n) is 6.76. The number of nitrogens with one attached hydrogen (secondary N) is 2. The Balaban J connectivity index is 1.68. The van der Waals surface area contributed by atoms with Gasteiger partial charge in [0, 0.05) is 29.8 Å². The largest absolute Gasteiger partial charge is 0.389 e. The summed E-state index contributed by atoms with van der Waals surface area (Å²) >= 11 is 0. The monoisotopic (exact) mass is 388 g/mol. The maximum absolute atomic E-state index is 13.0. The number of aliphatic hydroxyl groups is 1. The number of carbonyl (C=O) groups excluding carboxylic acids is 2. The molecule has 1 unspecified atom stereocenters. The second-order valence-electron chi connectivity index (χ2n) is 8.09. The molecule has 7 nitrogen and oxygen atoms in total. The third kappa shape index (κ3) is 1.81. The van der Waals surface area contributed by atoms with E-state index in [1.807, 2.05) is 54.7 Å². The van der Waals surface area contributed by atoms with Crippen LogP contribution in [0.4, 0.5) is 5.69 Å². The quantitative estimate of drug-likeness (QED) is 0.585. The van der Waals surface area contributed by atoms with Gasteiger partial charge in [-0.25, -0.2) is 0 Å². The Morgan fingerprint density at radius 1 is 1.07 bits per heavy atom. The van der Waals surface area contributed by atoms with E-state index in [1.165, 1.54) is 4.90 Å². The fraction of sp³-hybridized carbons (Fsp3) is 0.273. The smallest absolute Gasteiger partial charge is 0.248 e. The number of H-pyrrole nitrogens is 1. The van der Waals surface area contributed by atoms with Crippen LogP contribution in [0.5, 0.6) is 0 Å². The number of benzene rings is 2. The van der Waals surface area contributed by atoms with Crippen LogP contribution in [0.3, 0.4) is 0 Å². The van der Waals surface area contributed by atoms with Crippen molar-refractivity contribution in [2.75, 3.05) is 18.9 Å². The molecule has 0 radical (unpaired) electrons. The summed E-state index contributed by atoms with van der Waals surface area (Å²) in [4.78, 5) is 32.3. The summed E-state index contributed by atoms with van der Waals surface area (Å²) in [5.74, 6) is -0.395. The number of amides is 2. The van der Waals surface area contributed by atoms with Gasteiger partial charge in [0.1, 0.15) is 18.3 Å². The van der Waals surface area contributed by atoms with E-state index in [1.54, 1.807) is 11.9 Å². The van der Waals surface area contributed by atoms with Gasteiger partial charge >= 0.3 is 0 Å². The van der Waals surface area contributed by atoms with Gasteiger partial charge in [-0.1, -0.05) is 36.4 Å². The standard InChI is InChI=1S/C22H20N4O3/c1-25-11-17(27)26-18(20(25)29)19(28)22(13-7-3-5-9-16(13)24-21(22)26)14-10-23-15-8-4-2-6-12(14)15/h2-10,18-19,21,23-24,28H,11H2,1H3/t18-,19?,21+,22+/m0/s1. The van der Waals surface area contributed by atoms with Crippen molar-refractivity contribution in [1.82, 2.24) is 14.8 Å². The summed E-state index contributed by atoms with van der Waals surface area (Å²) in [6.07, 6.45) is 0.285. The minimum absolute atomic E-state index is 0.0144. The van der Waals surface area contributed by atoms with Crippen LogP contribution in [-0.4, -0.2) is 63.6 Å². The van der Waals surface area contributed by atoms with E-state index < -0.39 is 23.7 Å². The van der Waals surface area contributed by atoms with Crippen LogP contribution in [-0.2, 0) is 15.0 Å². The van der Waals surface area contributed by atoms with E-state index in [0.717, 1.165) is 27.7 Å². The molecule has 6 rings (SSSR count). The zero-order valence-corrected chi connectivity index (χ0v) is 15.8. The molecule has 1 aromatic heterocycles. The predicted molar refractivity (Wildman–Crippen MR) is 107 cm³/mol. The number of carbonyl (C=O) groups is 2. The first kappa shape index (κ1) is 16.6. The van der Waals surface area contributed by atoms with Gasteiger partial charge in [0.15, 0.2) is 0 Å². The first-order valence-electron chi connectivity index (χ1n) is 9.72. The number of nitrogens with zero attached hydrogens (tertiary/aromatic N) is 2. The van der Waals surface area contributed by atoms with Gasteiger partial charge in [0.2, 0.25) is 11.8 Å². The van der Waals surface area contributed by atoms with Crippen LogP contribution in [0.2, 0.25) is 0 Å². The van der Waals surface area contributed by atoms with E-state index in [0.29, 0.717) is 0 Å². The van der Waals surface area contributed by atoms with Crippen LogP contribution in [0.15, 0.2) is 54.7 Å². The number of aromatic nitrogens is 1. The number of piperazine rings is 1. The van der Waals surface area contributed by atoms with Gasteiger partial charge in [-0.2, -0.15) is 0 Å². The average molecular weight is 388 g/mol. The second kappa shape index (κ2) is 5.39. The molecule has 2 fully saturated rings. The van der Waals surface area contributed by atoms with Crippen LogP contribution in [0.1, 0.15) is 11.1 Å². The molecule has 7 heteroatoms. The SMILES string of the molecule is CN1CC(=O)N2[C@H](C1=O)C(O)[C@]1(c3c[nH]c4ccccc34)c3ccccc3N[C@H]21. The van der Waals surface area contributed by atoms with Crippen molar-refractivity contribution in [2.24, 2.45) is 0 Å². The van der Waals surface area contributed by atoms with Gasteiger partial charge in [-0.3, -0.25) is 9.59 Å². The minimum Gasteiger partial charge on any atom is -0.389 e. The molecular formula is C22H20N4O3. The van der Waals surface area contributed by atoms with Crippen LogP contribution < -0.4 is 5.32 Å². The third-order valence-corrected chi connectivity index (χ3v) is 6.76. The van der Waals surface area contributed by atoms with Crippen molar-refractivity contribution in [1.29, 1.82) is 0 Å². The van der Waals surface area contributed by atoms with E-state index in [-0.39, 0.29) is 18.4 Å². The van der Waals surface area contributed by atoms with Crippen molar-refractivity contribution in [3.63, 3.8) is 0 Å². The van der Waals surface area contributed by atoms with E-state index in [2.05, 4.69) is 10.3 Å². The molecule has 2 amide bonds. The number of anilines is 1. The Bertz CT molecular complexity index is 1190. The highest BCUT2D eigenvalue weighted by Crippen LogP contribution is 2.56. The molecule has 0 spiro atoms. The van der Waals surface area contributed by atoms with E-state index in [4.69, 9.17) is 0 Å².